The van der Waals surface area contributed by atoms with Crippen LogP contribution >= 0.6 is 0 Å². The predicted molar refractivity (Wildman–Crippen MR) is 70.2 cm³/mol. The third-order valence-electron chi connectivity index (χ3n) is 3.83. The van der Waals surface area contributed by atoms with Crippen LogP contribution in [0.4, 0.5) is 11.6 Å². The summed E-state index contributed by atoms with van der Waals surface area (Å²) < 4.78 is 5.33. The maximum absolute atomic E-state index is 10.7. The van der Waals surface area contributed by atoms with E-state index in [0.29, 0.717) is 5.76 Å². The lowest BCUT2D eigenvalue weighted by Gasteiger charge is -2.29. The molecule has 0 N–H and O–H groups in total. The van der Waals surface area contributed by atoms with E-state index in [1.165, 1.54) is 11.6 Å². The molecular weight excluding hydrogens is 260 g/mol. The number of anilines is 1. The normalized spacial score (nSPS) is 23.7. The van der Waals surface area contributed by atoms with E-state index in [-0.39, 0.29) is 18.0 Å². The zero-order chi connectivity index (χ0) is 13.7. The van der Waals surface area contributed by atoms with Crippen LogP contribution in [0.15, 0.2) is 40.8 Å². The molecule has 2 unspecified atom stereocenters. The first-order valence-electron chi connectivity index (χ1n) is 6.50. The number of benzene rings is 1. The number of nitro groups is 1. The first kappa shape index (κ1) is 11.5. The second kappa shape index (κ2) is 4.08. The van der Waals surface area contributed by atoms with Gasteiger partial charge in [-0.3, -0.25) is 15.0 Å². The van der Waals surface area contributed by atoms with Gasteiger partial charge in [0.2, 0.25) is 0 Å². The molecule has 1 aromatic carbocycles. The lowest BCUT2D eigenvalue weighted by Crippen LogP contribution is -2.27. The fraction of sp³-hybridized carbons (Fsp3) is 0.286. The van der Waals surface area contributed by atoms with Gasteiger partial charge in [-0.1, -0.05) is 18.2 Å². The molecule has 4 rings (SSSR count). The van der Waals surface area contributed by atoms with Gasteiger partial charge in [0.05, 0.1) is 17.9 Å². The zero-order valence-corrected chi connectivity index (χ0v) is 10.6. The third kappa shape index (κ3) is 1.61. The van der Waals surface area contributed by atoms with Gasteiger partial charge in [-0.15, -0.1) is 0 Å². The van der Waals surface area contributed by atoms with Crippen molar-refractivity contribution in [2.75, 3.05) is 5.06 Å². The summed E-state index contributed by atoms with van der Waals surface area (Å²) in [6, 6.07) is 11.0. The van der Waals surface area contributed by atoms with Crippen LogP contribution in [0, 0.1) is 10.1 Å². The molecule has 102 valence electrons. The van der Waals surface area contributed by atoms with Crippen LogP contribution < -0.4 is 5.06 Å². The number of para-hydroxylation sites is 1. The maximum Gasteiger partial charge on any atom is 0.433 e. The number of hydroxylamine groups is 1. The molecule has 20 heavy (non-hydrogen) atoms. The largest absolute Gasteiger partial charge is 0.433 e. The van der Waals surface area contributed by atoms with Crippen molar-refractivity contribution in [2.24, 2.45) is 0 Å². The minimum absolute atomic E-state index is 0.0997. The Labute approximate surface area is 114 Å². The van der Waals surface area contributed by atoms with Crippen LogP contribution in [0.25, 0.3) is 0 Å². The highest BCUT2D eigenvalue weighted by molar-refractivity contribution is 5.56. The molecule has 0 radical (unpaired) electrons. The van der Waals surface area contributed by atoms with Crippen molar-refractivity contribution in [2.45, 2.75) is 25.0 Å². The molecular formula is C14H12N2O4. The fourth-order valence-corrected chi connectivity index (χ4v) is 2.96. The second-order valence-electron chi connectivity index (χ2n) is 5.07. The Hall–Kier alpha value is -2.34. The molecule has 3 heterocycles. The minimum Gasteiger partial charge on any atom is -0.404 e. The van der Waals surface area contributed by atoms with E-state index in [1.54, 1.807) is 6.07 Å². The number of rotatable bonds is 2. The first-order valence-corrected chi connectivity index (χ1v) is 6.50. The molecule has 2 aromatic rings. The highest BCUT2D eigenvalue weighted by Gasteiger charge is 2.41. The molecule has 2 atom stereocenters. The maximum atomic E-state index is 10.7. The average Bonchev–Trinajstić information content (AvgIpc) is 3.04. The molecule has 1 saturated heterocycles. The lowest BCUT2D eigenvalue weighted by molar-refractivity contribution is -0.402. The molecule has 0 saturated carbocycles. The van der Waals surface area contributed by atoms with Crippen molar-refractivity contribution in [1.82, 2.24) is 0 Å². The van der Waals surface area contributed by atoms with E-state index in [4.69, 9.17) is 9.25 Å². The molecule has 0 spiro atoms. The van der Waals surface area contributed by atoms with Crippen molar-refractivity contribution >= 4 is 11.6 Å². The molecule has 0 amide bonds. The van der Waals surface area contributed by atoms with Crippen molar-refractivity contribution in [3.63, 3.8) is 0 Å². The standard InChI is InChI=1S/C14H12N2O4/c17-16(18)14-6-5-13(19-14)12-8-10-7-9-3-1-2-4-11(9)15(12)20-10/h1-6,10,12H,7-8H2. The Kier molecular flexibility index (Phi) is 2.34. The Morgan fingerprint density at radius 1 is 1.25 bits per heavy atom. The Bertz CT molecular complexity index is 681. The summed E-state index contributed by atoms with van der Waals surface area (Å²) >= 11 is 0. The minimum atomic E-state index is -0.519. The van der Waals surface area contributed by atoms with Crippen LogP contribution in [0.2, 0.25) is 0 Å². The van der Waals surface area contributed by atoms with Gasteiger partial charge in [0.1, 0.15) is 16.7 Å². The number of furan rings is 1. The van der Waals surface area contributed by atoms with Gasteiger partial charge in [-0.2, -0.15) is 0 Å². The Morgan fingerprint density at radius 3 is 2.90 bits per heavy atom. The van der Waals surface area contributed by atoms with Gasteiger partial charge in [-0.25, -0.2) is 5.06 Å². The van der Waals surface area contributed by atoms with Crippen LogP contribution in [0.3, 0.4) is 0 Å². The van der Waals surface area contributed by atoms with Gasteiger partial charge >= 0.3 is 5.88 Å². The van der Waals surface area contributed by atoms with E-state index in [2.05, 4.69) is 6.07 Å². The summed E-state index contributed by atoms with van der Waals surface area (Å²) in [5, 5.41) is 12.5. The van der Waals surface area contributed by atoms with Crippen molar-refractivity contribution in [3.05, 3.63) is 57.8 Å². The van der Waals surface area contributed by atoms with Crippen LogP contribution in [-0.4, -0.2) is 11.0 Å². The molecule has 1 fully saturated rings. The number of hydrogen-bond acceptors (Lipinski definition) is 5. The highest BCUT2D eigenvalue weighted by atomic mass is 16.7. The number of fused-ring (bicyclic) bond motifs is 4. The fourth-order valence-electron chi connectivity index (χ4n) is 2.96. The smallest absolute Gasteiger partial charge is 0.404 e. The summed E-state index contributed by atoms with van der Waals surface area (Å²) in [7, 11) is 0. The van der Waals surface area contributed by atoms with Gasteiger partial charge in [0.15, 0.2) is 0 Å². The Morgan fingerprint density at radius 2 is 2.10 bits per heavy atom. The van der Waals surface area contributed by atoms with Crippen LogP contribution in [0.5, 0.6) is 0 Å². The lowest BCUT2D eigenvalue weighted by atomic mass is 10.0. The molecule has 1 aromatic heterocycles. The molecule has 2 bridgehead atoms. The van der Waals surface area contributed by atoms with E-state index in [0.717, 1.165) is 18.5 Å². The monoisotopic (exact) mass is 272 g/mol. The zero-order valence-electron chi connectivity index (χ0n) is 10.6. The first-order chi connectivity index (χ1) is 9.72. The number of nitrogens with zero attached hydrogens (tertiary/aromatic N) is 2. The van der Waals surface area contributed by atoms with Gasteiger partial charge < -0.3 is 4.42 Å². The average molecular weight is 272 g/mol. The topological polar surface area (TPSA) is 68.8 Å². The van der Waals surface area contributed by atoms with Gasteiger partial charge in [0.25, 0.3) is 0 Å². The predicted octanol–water partition coefficient (Wildman–Crippen LogP) is 3.00. The number of hydrogen-bond donors (Lipinski definition) is 0. The van der Waals surface area contributed by atoms with E-state index in [9.17, 15) is 10.1 Å². The third-order valence-corrected chi connectivity index (χ3v) is 3.83. The highest BCUT2D eigenvalue weighted by Crippen LogP contribution is 2.45. The van der Waals surface area contributed by atoms with Crippen molar-refractivity contribution < 1.29 is 14.2 Å². The Balaban J connectivity index is 1.72. The molecule has 6 heteroatoms. The summed E-state index contributed by atoms with van der Waals surface area (Å²) in [5.74, 6) is 0.354. The van der Waals surface area contributed by atoms with E-state index in [1.807, 2.05) is 23.3 Å². The molecule has 2 aliphatic heterocycles. The molecule has 6 nitrogen and oxygen atoms in total. The second-order valence-corrected chi connectivity index (χ2v) is 5.07. The van der Waals surface area contributed by atoms with Gasteiger partial charge in [0, 0.05) is 12.8 Å². The molecule has 0 aliphatic carbocycles. The van der Waals surface area contributed by atoms with E-state index >= 15 is 0 Å². The van der Waals surface area contributed by atoms with Gasteiger partial charge in [-0.05, 0) is 17.7 Å². The van der Waals surface area contributed by atoms with Crippen LogP contribution in [-0.2, 0) is 11.3 Å². The van der Waals surface area contributed by atoms with E-state index < -0.39 is 4.92 Å². The van der Waals surface area contributed by atoms with Crippen molar-refractivity contribution in [1.29, 1.82) is 0 Å². The molecule has 2 aliphatic rings. The van der Waals surface area contributed by atoms with Crippen LogP contribution in [0.1, 0.15) is 23.8 Å². The summed E-state index contributed by atoms with van der Waals surface area (Å²) in [5.41, 5.74) is 2.26. The summed E-state index contributed by atoms with van der Waals surface area (Å²) in [6.07, 6.45) is 1.75. The summed E-state index contributed by atoms with van der Waals surface area (Å²) in [4.78, 5) is 16.1. The van der Waals surface area contributed by atoms with Crippen molar-refractivity contribution in [3.8, 4) is 0 Å². The SMILES string of the molecule is O=[N+]([O-])c1ccc(C2CC3Cc4ccccc4N2O3)o1. The summed E-state index contributed by atoms with van der Waals surface area (Å²) in [6.45, 7) is 0. The quantitative estimate of drug-likeness (QED) is 0.621.